The van der Waals surface area contributed by atoms with Gasteiger partial charge in [0.15, 0.2) is 0 Å². The van der Waals surface area contributed by atoms with Crippen molar-refractivity contribution in [1.29, 1.82) is 5.26 Å². The summed E-state index contributed by atoms with van der Waals surface area (Å²) in [6, 6.07) is 14.4. The van der Waals surface area contributed by atoms with Crippen molar-refractivity contribution in [2.75, 3.05) is 5.73 Å². The maximum Gasteiger partial charge on any atom is 0.251 e. The summed E-state index contributed by atoms with van der Waals surface area (Å²) in [5.41, 5.74) is 9.43. The van der Waals surface area contributed by atoms with Crippen LogP contribution in [0.15, 0.2) is 42.5 Å². The highest BCUT2D eigenvalue weighted by Crippen LogP contribution is 2.12. The van der Waals surface area contributed by atoms with Gasteiger partial charge in [-0.15, -0.1) is 0 Å². The van der Waals surface area contributed by atoms with Gasteiger partial charge in [0.1, 0.15) is 0 Å². The van der Waals surface area contributed by atoms with Gasteiger partial charge in [-0.2, -0.15) is 5.26 Å². The number of anilines is 1. The first kappa shape index (κ1) is 13.6. The van der Waals surface area contributed by atoms with E-state index >= 15 is 0 Å². The summed E-state index contributed by atoms with van der Waals surface area (Å²) in [6.45, 7) is 2.29. The van der Waals surface area contributed by atoms with Crippen molar-refractivity contribution in [3.63, 3.8) is 0 Å². The smallest absolute Gasteiger partial charge is 0.251 e. The molecule has 2 rings (SSSR count). The number of nitriles is 1. The number of carbonyl (C=O) groups excluding carboxylic acids is 1. The zero-order valence-corrected chi connectivity index (χ0v) is 11.2. The Balaban J connectivity index is 2.01. The lowest BCUT2D eigenvalue weighted by Gasteiger charge is -2.07. The van der Waals surface area contributed by atoms with Gasteiger partial charge in [-0.25, -0.2) is 0 Å². The van der Waals surface area contributed by atoms with Crippen LogP contribution in [0.5, 0.6) is 0 Å². The Bertz CT molecular complexity index is 669. The van der Waals surface area contributed by atoms with E-state index in [4.69, 9.17) is 11.0 Å². The number of nitrogens with one attached hydrogen (secondary N) is 1. The Hall–Kier alpha value is -2.80. The van der Waals surface area contributed by atoms with Crippen LogP contribution in [0.3, 0.4) is 0 Å². The lowest BCUT2D eigenvalue weighted by Crippen LogP contribution is -2.22. The number of amides is 1. The topological polar surface area (TPSA) is 78.9 Å². The molecule has 0 atom stereocenters. The zero-order chi connectivity index (χ0) is 14.5. The van der Waals surface area contributed by atoms with Gasteiger partial charge in [0.25, 0.3) is 5.91 Å². The SMILES string of the molecule is Cc1cc(C(=O)NCc2ccc(C#N)cc2)ccc1N. The summed E-state index contributed by atoms with van der Waals surface area (Å²) in [4.78, 5) is 12.0. The molecule has 0 bridgehead atoms. The van der Waals surface area contributed by atoms with Gasteiger partial charge in [0.05, 0.1) is 11.6 Å². The van der Waals surface area contributed by atoms with Crippen molar-refractivity contribution in [2.45, 2.75) is 13.5 Å². The fourth-order valence-corrected chi connectivity index (χ4v) is 1.80. The monoisotopic (exact) mass is 265 g/mol. The van der Waals surface area contributed by atoms with Crippen molar-refractivity contribution >= 4 is 11.6 Å². The summed E-state index contributed by atoms with van der Waals surface area (Å²) in [5, 5.41) is 11.6. The highest BCUT2D eigenvalue weighted by molar-refractivity contribution is 5.94. The number of nitrogens with zero attached hydrogens (tertiary/aromatic N) is 1. The molecule has 0 saturated heterocycles. The van der Waals surface area contributed by atoms with E-state index in [9.17, 15) is 4.79 Å². The van der Waals surface area contributed by atoms with E-state index < -0.39 is 0 Å². The van der Waals surface area contributed by atoms with Gasteiger partial charge in [-0.1, -0.05) is 12.1 Å². The van der Waals surface area contributed by atoms with Crippen molar-refractivity contribution < 1.29 is 4.79 Å². The molecule has 20 heavy (non-hydrogen) atoms. The molecule has 0 saturated carbocycles. The summed E-state index contributed by atoms with van der Waals surface area (Å²) >= 11 is 0. The standard InChI is InChI=1S/C16H15N3O/c1-11-8-14(6-7-15(11)18)16(20)19-10-13-4-2-12(9-17)3-5-13/h2-8H,10,18H2,1H3,(H,19,20). The normalized spacial score (nSPS) is 9.80. The highest BCUT2D eigenvalue weighted by atomic mass is 16.1. The van der Waals surface area contributed by atoms with Crippen LogP contribution in [0.2, 0.25) is 0 Å². The first-order valence-electron chi connectivity index (χ1n) is 6.23. The van der Waals surface area contributed by atoms with Gasteiger partial charge in [0.2, 0.25) is 0 Å². The third-order valence-corrected chi connectivity index (χ3v) is 3.07. The molecule has 0 unspecified atom stereocenters. The van der Waals surface area contributed by atoms with Crippen molar-refractivity contribution in [3.05, 3.63) is 64.7 Å². The average molecular weight is 265 g/mol. The zero-order valence-electron chi connectivity index (χ0n) is 11.2. The number of rotatable bonds is 3. The molecule has 0 aliphatic carbocycles. The second-order valence-corrected chi connectivity index (χ2v) is 4.56. The van der Waals surface area contributed by atoms with Gasteiger partial charge in [-0.05, 0) is 48.4 Å². The fourth-order valence-electron chi connectivity index (χ4n) is 1.80. The number of carbonyl (C=O) groups is 1. The van der Waals surface area contributed by atoms with Crippen molar-refractivity contribution in [3.8, 4) is 6.07 Å². The van der Waals surface area contributed by atoms with E-state index in [1.807, 2.05) is 19.1 Å². The maximum absolute atomic E-state index is 12.0. The molecule has 3 N–H and O–H groups in total. The van der Waals surface area contributed by atoms with E-state index in [2.05, 4.69) is 11.4 Å². The van der Waals surface area contributed by atoms with Crippen molar-refractivity contribution in [2.24, 2.45) is 0 Å². The number of benzene rings is 2. The summed E-state index contributed by atoms with van der Waals surface area (Å²) in [6.07, 6.45) is 0. The summed E-state index contributed by atoms with van der Waals surface area (Å²) in [7, 11) is 0. The van der Waals surface area contributed by atoms with Crippen LogP contribution in [-0.2, 0) is 6.54 Å². The van der Waals surface area contributed by atoms with E-state index in [1.54, 1.807) is 30.3 Å². The van der Waals surface area contributed by atoms with E-state index in [1.165, 1.54) is 0 Å². The van der Waals surface area contributed by atoms with E-state index in [0.29, 0.717) is 23.4 Å². The minimum Gasteiger partial charge on any atom is -0.399 e. The molecule has 100 valence electrons. The molecule has 0 fully saturated rings. The molecular formula is C16H15N3O. The molecule has 2 aromatic carbocycles. The molecule has 4 nitrogen and oxygen atoms in total. The minimum atomic E-state index is -0.141. The largest absolute Gasteiger partial charge is 0.399 e. The lowest BCUT2D eigenvalue weighted by molar-refractivity contribution is 0.0951. The second kappa shape index (κ2) is 5.89. The van der Waals surface area contributed by atoms with Gasteiger partial charge < -0.3 is 11.1 Å². The predicted molar refractivity (Wildman–Crippen MR) is 77.9 cm³/mol. The van der Waals surface area contributed by atoms with Crippen LogP contribution in [0.4, 0.5) is 5.69 Å². The molecule has 4 heteroatoms. The van der Waals surface area contributed by atoms with Crippen LogP contribution in [-0.4, -0.2) is 5.91 Å². The first-order chi connectivity index (χ1) is 9.60. The number of hydrogen-bond acceptors (Lipinski definition) is 3. The fraction of sp³-hybridized carbons (Fsp3) is 0.125. The molecule has 0 spiro atoms. The molecule has 2 aromatic rings. The van der Waals surface area contributed by atoms with Gasteiger partial charge in [0, 0.05) is 17.8 Å². The van der Waals surface area contributed by atoms with Crippen LogP contribution in [0.25, 0.3) is 0 Å². The Morgan fingerprint density at radius 3 is 2.55 bits per heavy atom. The Morgan fingerprint density at radius 1 is 1.25 bits per heavy atom. The van der Waals surface area contributed by atoms with Crippen LogP contribution >= 0.6 is 0 Å². The van der Waals surface area contributed by atoms with Crippen LogP contribution < -0.4 is 11.1 Å². The number of aryl methyl sites for hydroxylation is 1. The Morgan fingerprint density at radius 2 is 1.95 bits per heavy atom. The first-order valence-corrected chi connectivity index (χ1v) is 6.23. The molecular weight excluding hydrogens is 250 g/mol. The molecule has 0 radical (unpaired) electrons. The highest BCUT2D eigenvalue weighted by Gasteiger charge is 2.06. The quantitative estimate of drug-likeness (QED) is 0.836. The third-order valence-electron chi connectivity index (χ3n) is 3.07. The minimum absolute atomic E-state index is 0.141. The van der Waals surface area contributed by atoms with Gasteiger partial charge in [-0.3, -0.25) is 4.79 Å². The van der Waals surface area contributed by atoms with Crippen molar-refractivity contribution in [1.82, 2.24) is 5.32 Å². The average Bonchev–Trinajstić information content (AvgIpc) is 2.48. The second-order valence-electron chi connectivity index (χ2n) is 4.56. The lowest BCUT2D eigenvalue weighted by atomic mass is 10.1. The van der Waals surface area contributed by atoms with Crippen LogP contribution in [0, 0.1) is 18.3 Å². The molecule has 0 aliphatic rings. The summed E-state index contributed by atoms with van der Waals surface area (Å²) in [5.74, 6) is -0.141. The number of nitrogen functional groups attached to an aromatic ring is 1. The molecule has 0 heterocycles. The predicted octanol–water partition coefficient (Wildman–Crippen LogP) is 2.38. The van der Waals surface area contributed by atoms with Gasteiger partial charge >= 0.3 is 0 Å². The number of hydrogen-bond donors (Lipinski definition) is 2. The molecule has 0 aromatic heterocycles. The molecule has 0 aliphatic heterocycles. The molecule has 1 amide bonds. The van der Waals surface area contributed by atoms with E-state index in [0.717, 1.165) is 11.1 Å². The maximum atomic E-state index is 12.0. The number of nitrogens with two attached hydrogens (primary N) is 1. The summed E-state index contributed by atoms with van der Waals surface area (Å²) < 4.78 is 0. The third kappa shape index (κ3) is 3.15. The van der Waals surface area contributed by atoms with Crippen LogP contribution in [0.1, 0.15) is 27.0 Å². The Labute approximate surface area is 117 Å². The Kier molecular flexibility index (Phi) is 4.02. The van der Waals surface area contributed by atoms with E-state index in [-0.39, 0.29) is 5.91 Å².